The van der Waals surface area contributed by atoms with Crippen LogP contribution in [0.3, 0.4) is 0 Å². The van der Waals surface area contributed by atoms with Crippen molar-refractivity contribution in [2.75, 3.05) is 0 Å². The average Bonchev–Trinajstić information content (AvgIpc) is 3.15. The summed E-state index contributed by atoms with van der Waals surface area (Å²) in [7, 11) is -1.66. The molecular formula is C44H40O2P2. The van der Waals surface area contributed by atoms with Crippen molar-refractivity contribution >= 4 is 47.7 Å². The maximum Gasteiger partial charge on any atom is 0.131 e. The molecule has 2 nitrogen and oxygen atoms in total. The Balaban J connectivity index is 1.14. The minimum Gasteiger partial charge on any atom is -0.507 e. The molecular weight excluding hydrogens is 622 g/mol. The molecule has 0 unspecified atom stereocenters. The van der Waals surface area contributed by atoms with Crippen LogP contribution >= 0.6 is 15.8 Å². The van der Waals surface area contributed by atoms with Gasteiger partial charge in [-0.2, -0.15) is 0 Å². The molecule has 1 saturated carbocycles. The van der Waals surface area contributed by atoms with Gasteiger partial charge in [-0.05, 0) is 73.9 Å². The van der Waals surface area contributed by atoms with Gasteiger partial charge < -0.3 is 9.84 Å². The lowest BCUT2D eigenvalue weighted by molar-refractivity contribution is 0.0253. The van der Waals surface area contributed by atoms with E-state index >= 15 is 0 Å². The van der Waals surface area contributed by atoms with E-state index in [0.717, 1.165) is 35.9 Å². The van der Waals surface area contributed by atoms with Gasteiger partial charge in [0.1, 0.15) is 17.6 Å². The van der Waals surface area contributed by atoms with Gasteiger partial charge in [-0.3, -0.25) is 0 Å². The van der Waals surface area contributed by atoms with Gasteiger partial charge in [0.15, 0.2) is 0 Å². The Labute approximate surface area is 287 Å². The van der Waals surface area contributed by atoms with E-state index in [0.29, 0.717) is 17.6 Å². The first kappa shape index (κ1) is 31.1. The second-order valence-corrected chi connectivity index (χ2v) is 17.4. The highest BCUT2D eigenvalue weighted by molar-refractivity contribution is 7.80. The molecule has 4 heteroatoms. The lowest BCUT2D eigenvalue weighted by atomic mass is 9.72. The van der Waals surface area contributed by atoms with E-state index in [4.69, 9.17) is 4.74 Å². The standard InChI is InChI=1S/C44H40O2P2/c45-42-32(16-14-28-40(42)47(36-20-5-1-6-21-36)37-22-7-2-8-23-37)30-33-17-13-18-34-31-35-19-15-29-41(44(35)46-43(33)34)48(38-24-9-3-10-25-38)39-26-11-4-12-27-39/h1-12,14-16,19-29,33-34,43,45H,13,17-18,30-31H2/t33-,34-,43-/m0/s1. The van der Waals surface area contributed by atoms with Crippen molar-refractivity contribution in [1.29, 1.82) is 0 Å². The third-order valence-corrected chi connectivity index (χ3v) is 14.9. The molecule has 1 heterocycles. The molecule has 2 aliphatic rings. The van der Waals surface area contributed by atoms with Gasteiger partial charge in [0, 0.05) is 22.4 Å². The van der Waals surface area contributed by atoms with E-state index in [2.05, 4.69) is 158 Å². The van der Waals surface area contributed by atoms with Gasteiger partial charge >= 0.3 is 0 Å². The van der Waals surface area contributed by atoms with Crippen LogP contribution < -0.4 is 36.6 Å². The molecule has 0 aromatic heterocycles. The second kappa shape index (κ2) is 14.1. The van der Waals surface area contributed by atoms with Gasteiger partial charge in [0.2, 0.25) is 0 Å². The number of benzene rings is 6. The summed E-state index contributed by atoms with van der Waals surface area (Å²) in [6, 6.07) is 56.4. The minimum atomic E-state index is -0.892. The molecule has 8 rings (SSSR count). The normalized spacial score (nSPS) is 18.6. The fourth-order valence-corrected chi connectivity index (χ4v) is 12.6. The number of ether oxygens (including phenoxy) is 1. The van der Waals surface area contributed by atoms with Crippen LogP contribution in [0.25, 0.3) is 0 Å². The summed E-state index contributed by atoms with van der Waals surface area (Å²) in [5, 5.41) is 19.5. The topological polar surface area (TPSA) is 29.5 Å². The molecule has 0 bridgehead atoms. The fourth-order valence-electron chi connectivity index (χ4n) is 7.82. The number of fused-ring (bicyclic) bond motifs is 2. The van der Waals surface area contributed by atoms with Gasteiger partial charge in [-0.15, -0.1) is 0 Å². The first-order valence-corrected chi connectivity index (χ1v) is 19.8. The monoisotopic (exact) mass is 662 g/mol. The molecule has 0 saturated heterocycles. The van der Waals surface area contributed by atoms with Crippen molar-refractivity contribution in [1.82, 2.24) is 0 Å². The van der Waals surface area contributed by atoms with Crippen molar-refractivity contribution in [3.8, 4) is 11.5 Å². The zero-order chi connectivity index (χ0) is 32.3. The molecule has 0 spiro atoms. The van der Waals surface area contributed by atoms with Crippen molar-refractivity contribution < 1.29 is 9.84 Å². The number of phenols is 1. The number of para-hydroxylation sites is 2. The van der Waals surface area contributed by atoms with E-state index in [1.165, 1.54) is 44.9 Å². The summed E-state index contributed by atoms with van der Waals surface area (Å²) >= 11 is 0. The van der Waals surface area contributed by atoms with Crippen molar-refractivity contribution in [2.24, 2.45) is 11.8 Å². The molecule has 0 amide bonds. The van der Waals surface area contributed by atoms with E-state index in [9.17, 15) is 5.11 Å². The number of phenolic OH excluding ortho intramolecular Hbond substituents is 1. The highest BCUT2D eigenvalue weighted by atomic mass is 31.1. The van der Waals surface area contributed by atoms with E-state index in [1.807, 2.05) is 0 Å². The Kier molecular flexibility index (Phi) is 9.13. The quantitative estimate of drug-likeness (QED) is 0.168. The van der Waals surface area contributed by atoms with Gasteiger partial charge in [0.25, 0.3) is 0 Å². The van der Waals surface area contributed by atoms with Gasteiger partial charge in [-0.1, -0.05) is 164 Å². The average molecular weight is 663 g/mol. The van der Waals surface area contributed by atoms with Crippen LogP contribution in [0.4, 0.5) is 0 Å². The van der Waals surface area contributed by atoms with Crippen LogP contribution in [-0.2, 0) is 12.8 Å². The summed E-state index contributed by atoms with van der Waals surface area (Å²) in [5.41, 5.74) is 2.38. The molecule has 6 aromatic carbocycles. The zero-order valence-corrected chi connectivity index (χ0v) is 28.8. The Hall–Kier alpha value is -4.22. The van der Waals surface area contributed by atoms with Crippen LogP contribution in [0.5, 0.6) is 11.5 Å². The Bertz CT molecular complexity index is 1890. The second-order valence-electron chi connectivity index (χ2n) is 13.0. The van der Waals surface area contributed by atoms with Crippen LogP contribution in [0.15, 0.2) is 158 Å². The highest BCUT2D eigenvalue weighted by Gasteiger charge is 2.40. The fraction of sp³-hybridized carbons (Fsp3) is 0.182. The van der Waals surface area contributed by atoms with Crippen molar-refractivity contribution in [3.63, 3.8) is 0 Å². The first-order valence-electron chi connectivity index (χ1n) is 17.1. The molecule has 238 valence electrons. The Morgan fingerprint density at radius 2 is 1.04 bits per heavy atom. The number of aromatic hydroxyl groups is 1. The van der Waals surface area contributed by atoms with Crippen LogP contribution in [0, 0.1) is 11.8 Å². The van der Waals surface area contributed by atoms with Crippen molar-refractivity contribution in [2.45, 2.75) is 38.2 Å². The summed E-state index contributed by atoms with van der Waals surface area (Å²) in [6.45, 7) is 0. The highest BCUT2D eigenvalue weighted by Crippen LogP contribution is 2.46. The lowest BCUT2D eigenvalue weighted by Crippen LogP contribution is -2.44. The number of hydrogen-bond acceptors (Lipinski definition) is 2. The van der Waals surface area contributed by atoms with Crippen LogP contribution in [0.1, 0.15) is 30.4 Å². The molecule has 48 heavy (non-hydrogen) atoms. The molecule has 3 atom stereocenters. The summed E-state index contributed by atoms with van der Waals surface area (Å²) < 4.78 is 7.27. The summed E-state index contributed by atoms with van der Waals surface area (Å²) in [4.78, 5) is 0. The maximum absolute atomic E-state index is 12.0. The first-order chi connectivity index (χ1) is 23.7. The molecule has 1 fully saturated rings. The number of hydrogen-bond donors (Lipinski definition) is 1. The predicted molar refractivity (Wildman–Crippen MR) is 205 cm³/mol. The van der Waals surface area contributed by atoms with E-state index in [1.54, 1.807) is 0 Å². The van der Waals surface area contributed by atoms with Crippen molar-refractivity contribution in [3.05, 3.63) is 169 Å². The third-order valence-electron chi connectivity index (χ3n) is 10.0. The molecule has 1 aliphatic heterocycles. The Morgan fingerprint density at radius 3 is 1.60 bits per heavy atom. The minimum absolute atomic E-state index is 0.128. The molecule has 0 radical (unpaired) electrons. The maximum atomic E-state index is 12.0. The largest absolute Gasteiger partial charge is 0.507 e. The van der Waals surface area contributed by atoms with Crippen LogP contribution in [-0.4, -0.2) is 11.2 Å². The summed E-state index contributed by atoms with van der Waals surface area (Å²) in [6.07, 6.45) is 5.50. The molecule has 6 aromatic rings. The van der Waals surface area contributed by atoms with Gasteiger partial charge in [-0.25, -0.2) is 0 Å². The molecule has 1 aliphatic carbocycles. The molecule has 1 N–H and O–H groups in total. The third kappa shape index (κ3) is 6.21. The zero-order valence-electron chi connectivity index (χ0n) is 27.0. The van der Waals surface area contributed by atoms with Crippen LogP contribution in [0.2, 0.25) is 0 Å². The SMILES string of the molecule is Oc1c(C[C@@H]2CCC[C@H]3Cc4cccc(P(c5ccccc5)c5ccccc5)c4O[C@@H]23)cccc1P(c1ccccc1)c1ccccc1. The summed E-state index contributed by atoms with van der Waals surface area (Å²) in [5.74, 6) is 2.37. The Morgan fingerprint density at radius 1 is 0.542 bits per heavy atom. The van der Waals surface area contributed by atoms with E-state index in [-0.39, 0.29) is 6.10 Å². The van der Waals surface area contributed by atoms with Gasteiger partial charge in [0.05, 0.1) is 0 Å². The smallest absolute Gasteiger partial charge is 0.131 e. The predicted octanol–water partition coefficient (Wildman–Crippen LogP) is 7.87. The lowest BCUT2D eigenvalue weighted by Gasteiger charge is -2.43. The van der Waals surface area contributed by atoms with E-state index < -0.39 is 15.8 Å². The number of rotatable bonds is 8.